The van der Waals surface area contributed by atoms with Gasteiger partial charge in [-0.15, -0.1) is 0 Å². The van der Waals surface area contributed by atoms with E-state index in [0.29, 0.717) is 11.8 Å². The molecule has 0 fully saturated rings. The van der Waals surface area contributed by atoms with E-state index in [1.54, 1.807) is 0 Å². The van der Waals surface area contributed by atoms with Crippen LogP contribution in [0.3, 0.4) is 0 Å². The average Bonchev–Trinajstić information content (AvgIpc) is 2.33. The fourth-order valence-electron chi connectivity index (χ4n) is 1.21. The van der Waals surface area contributed by atoms with E-state index in [1.807, 2.05) is 0 Å². The summed E-state index contributed by atoms with van der Waals surface area (Å²) in [6.45, 7) is 0. The van der Waals surface area contributed by atoms with E-state index in [1.165, 1.54) is 18.3 Å². The molecule has 0 aliphatic carbocycles. The van der Waals surface area contributed by atoms with E-state index in [4.69, 9.17) is 0 Å². The van der Waals surface area contributed by atoms with Crippen LogP contribution in [0.25, 0.3) is 11.4 Å². The van der Waals surface area contributed by atoms with Gasteiger partial charge in [-0.05, 0) is 24.3 Å². The monoisotopic (exact) mass is 220 g/mol. The quantitative estimate of drug-likeness (QED) is 0.729. The first-order valence-corrected chi connectivity index (χ1v) is 4.44. The Morgan fingerprint density at radius 3 is 2.62 bits per heavy atom. The van der Waals surface area contributed by atoms with Crippen molar-refractivity contribution >= 4 is 6.29 Å². The molecule has 5 heteroatoms. The lowest BCUT2D eigenvalue weighted by Gasteiger charge is -2.00. The van der Waals surface area contributed by atoms with Gasteiger partial charge in [-0.25, -0.2) is 18.7 Å². The van der Waals surface area contributed by atoms with Crippen molar-refractivity contribution in [2.75, 3.05) is 0 Å². The fourth-order valence-corrected chi connectivity index (χ4v) is 1.21. The maximum atomic E-state index is 12.9. The second kappa shape index (κ2) is 4.14. The lowest BCUT2D eigenvalue weighted by molar-refractivity contribution is 0.111. The number of aromatic nitrogens is 2. The second-order valence-corrected chi connectivity index (χ2v) is 3.05. The Morgan fingerprint density at radius 2 is 1.94 bits per heavy atom. The zero-order valence-corrected chi connectivity index (χ0v) is 8.02. The van der Waals surface area contributed by atoms with Crippen molar-refractivity contribution in [1.29, 1.82) is 0 Å². The molecule has 0 saturated carbocycles. The van der Waals surface area contributed by atoms with Crippen LogP contribution in [0.5, 0.6) is 0 Å². The first-order valence-electron chi connectivity index (χ1n) is 4.44. The molecule has 1 heterocycles. The Labute approximate surface area is 89.8 Å². The van der Waals surface area contributed by atoms with Crippen molar-refractivity contribution in [1.82, 2.24) is 9.97 Å². The summed E-state index contributed by atoms with van der Waals surface area (Å²) >= 11 is 0. The first kappa shape index (κ1) is 10.4. The highest BCUT2D eigenvalue weighted by Crippen LogP contribution is 2.17. The summed E-state index contributed by atoms with van der Waals surface area (Å²) in [4.78, 5) is 18.2. The van der Waals surface area contributed by atoms with Crippen LogP contribution in [0, 0.1) is 11.6 Å². The smallest absolute Gasteiger partial charge is 0.168 e. The summed E-state index contributed by atoms with van der Waals surface area (Å²) in [6.07, 6.45) is 1.94. The average molecular weight is 220 g/mol. The second-order valence-electron chi connectivity index (χ2n) is 3.05. The molecule has 0 spiro atoms. The summed E-state index contributed by atoms with van der Waals surface area (Å²) in [5.74, 6) is -1.73. The number of hydrogen-bond acceptors (Lipinski definition) is 3. The number of aldehydes is 1. The predicted molar refractivity (Wildman–Crippen MR) is 52.8 cm³/mol. The van der Waals surface area contributed by atoms with Crippen LogP contribution in [0.4, 0.5) is 8.78 Å². The lowest BCUT2D eigenvalue weighted by Crippen LogP contribution is -1.94. The van der Waals surface area contributed by atoms with E-state index in [2.05, 4.69) is 9.97 Å². The standard InChI is InChI=1S/C11H6F2N2O/c12-9-2-1-7(5-10(9)13)11-14-4-3-8(6-16)15-11/h1-6H. The van der Waals surface area contributed by atoms with Gasteiger partial charge in [0.05, 0.1) is 0 Å². The molecular formula is C11H6F2N2O. The molecule has 0 amide bonds. The number of carbonyl (C=O) groups is 1. The van der Waals surface area contributed by atoms with Crippen molar-refractivity contribution in [2.24, 2.45) is 0 Å². The number of carbonyl (C=O) groups excluding carboxylic acids is 1. The molecule has 0 saturated heterocycles. The molecule has 1 aromatic heterocycles. The summed E-state index contributed by atoms with van der Waals surface area (Å²) in [5.41, 5.74) is 0.511. The third kappa shape index (κ3) is 1.93. The van der Waals surface area contributed by atoms with E-state index in [0.717, 1.165) is 12.1 Å². The van der Waals surface area contributed by atoms with Gasteiger partial charge in [0.2, 0.25) is 0 Å². The Morgan fingerprint density at radius 1 is 1.12 bits per heavy atom. The molecule has 0 unspecified atom stereocenters. The highest BCUT2D eigenvalue weighted by Gasteiger charge is 2.06. The Balaban J connectivity index is 2.49. The van der Waals surface area contributed by atoms with Crippen LogP contribution in [0.15, 0.2) is 30.5 Å². The topological polar surface area (TPSA) is 42.9 Å². The molecule has 80 valence electrons. The van der Waals surface area contributed by atoms with Gasteiger partial charge in [0.1, 0.15) is 5.69 Å². The number of hydrogen-bond donors (Lipinski definition) is 0. The molecule has 0 N–H and O–H groups in total. The van der Waals surface area contributed by atoms with Crippen molar-refractivity contribution in [3.05, 3.63) is 47.8 Å². The van der Waals surface area contributed by atoms with Crippen molar-refractivity contribution < 1.29 is 13.6 Å². The normalized spacial score (nSPS) is 10.1. The maximum Gasteiger partial charge on any atom is 0.168 e. The molecule has 0 bridgehead atoms. The highest BCUT2D eigenvalue weighted by molar-refractivity contribution is 5.72. The van der Waals surface area contributed by atoms with E-state index in [-0.39, 0.29) is 11.5 Å². The van der Waals surface area contributed by atoms with Crippen LogP contribution in [0.2, 0.25) is 0 Å². The molecule has 2 rings (SSSR count). The highest BCUT2D eigenvalue weighted by atomic mass is 19.2. The van der Waals surface area contributed by atoms with Gasteiger partial charge >= 0.3 is 0 Å². The maximum absolute atomic E-state index is 12.9. The minimum Gasteiger partial charge on any atom is -0.296 e. The Kier molecular flexibility index (Phi) is 2.68. The zero-order chi connectivity index (χ0) is 11.5. The van der Waals surface area contributed by atoms with Gasteiger partial charge in [-0.2, -0.15) is 0 Å². The third-order valence-corrected chi connectivity index (χ3v) is 1.98. The molecule has 0 aliphatic rings. The van der Waals surface area contributed by atoms with Crippen molar-refractivity contribution in [3.63, 3.8) is 0 Å². The molecule has 0 atom stereocenters. The molecule has 0 radical (unpaired) electrons. The first-order chi connectivity index (χ1) is 7.70. The van der Waals surface area contributed by atoms with Gasteiger partial charge in [0.25, 0.3) is 0 Å². The van der Waals surface area contributed by atoms with Gasteiger partial charge in [0.15, 0.2) is 23.7 Å². The number of benzene rings is 1. The minimum atomic E-state index is -0.974. The molecular weight excluding hydrogens is 214 g/mol. The molecule has 1 aromatic carbocycles. The van der Waals surface area contributed by atoms with Crippen LogP contribution in [-0.4, -0.2) is 16.3 Å². The Hall–Kier alpha value is -2.17. The Bertz CT molecular complexity index is 543. The van der Waals surface area contributed by atoms with Gasteiger partial charge in [0, 0.05) is 11.8 Å². The molecule has 0 aliphatic heterocycles. The fraction of sp³-hybridized carbons (Fsp3) is 0. The van der Waals surface area contributed by atoms with Gasteiger partial charge in [-0.3, -0.25) is 4.79 Å². The largest absolute Gasteiger partial charge is 0.296 e. The number of halogens is 2. The van der Waals surface area contributed by atoms with Crippen LogP contribution >= 0.6 is 0 Å². The molecule has 2 aromatic rings. The number of nitrogens with zero attached hydrogens (tertiary/aromatic N) is 2. The van der Waals surface area contributed by atoms with Gasteiger partial charge in [-0.1, -0.05) is 0 Å². The summed E-state index contributed by atoms with van der Waals surface area (Å²) in [6, 6.07) is 4.75. The molecule has 16 heavy (non-hydrogen) atoms. The van der Waals surface area contributed by atoms with Gasteiger partial charge < -0.3 is 0 Å². The van der Waals surface area contributed by atoms with Crippen LogP contribution < -0.4 is 0 Å². The number of rotatable bonds is 2. The SMILES string of the molecule is O=Cc1ccnc(-c2ccc(F)c(F)c2)n1. The lowest BCUT2D eigenvalue weighted by atomic mass is 10.2. The predicted octanol–water partition coefficient (Wildman–Crippen LogP) is 2.23. The zero-order valence-electron chi connectivity index (χ0n) is 8.02. The minimum absolute atomic E-state index is 0.184. The molecule has 3 nitrogen and oxygen atoms in total. The van der Waals surface area contributed by atoms with E-state index >= 15 is 0 Å². The summed E-state index contributed by atoms with van der Waals surface area (Å²) < 4.78 is 25.6. The van der Waals surface area contributed by atoms with Crippen molar-refractivity contribution in [3.8, 4) is 11.4 Å². The van der Waals surface area contributed by atoms with Crippen molar-refractivity contribution in [2.45, 2.75) is 0 Å². The summed E-state index contributed by atoms with van der Waals surface area (Å²) in [5, 5.41) is 0. The van der Waals surface area contributed by atoms with Crippen LogP contribution in [-0.2, 0) is 0 Å². The third-order valence-electron chi connectivity index (χ3n) is 1.98. The van der Waals surface area contributed by atoms with E-state index in [9.17, 15) is 13.6 Å². The van der Waals surface area contributed by atoms with E-state index < -0.39 is 11.6 Å². The van der Waals surface area contributed by atoms with Crippen LogP contribution in [0.1, 0.15) is 10.5 Å². The summed E-state index contributed by atoms with van der Waals surface area (Å²) in [7, 11) is 0.